The predicted molar refractivity (Wildman–Crippen MR) is 83.2 cm³/mol. The van der Waals surface area contributed by atoms with Crippen LogP contribution < -0.4 is 5.32 Å². The molecular weight excluding hydrogens is 284 g/mol. The number of hydrogen-bond donors (Lipinski definition) is 2. The number of aromatic nitrogens is 2. The summed E-state index contributed by atoms with van der Waals surface area (Å²) < 4.78 is 4.60. The van der Waals surface area contributed by atoms with Gasteiger partial charge in [-0.1, -0.05) is 20.8 Å². The number of alkyl carbamates (subject to hydrolysis) is 1. The zero-order valence-corrected chi connectivity index (χ0v) is 14.0. The Morgan fingerprint density at radius 3 is 2.59 bits per heavy atom. The maximum atomic E-state index is 12.8. The molecule has 1 aromatic heterocycles. The quantitative estimate of drug-likeness (QED) is 0.804. The molecule has 1 atom stereocenters. The highest BCUT2D eigenvalue weighted by Gasteiger charge is 2.29. The first-order chi connectivity index (χ1) is 10.4. The standard InChI is InChI=1S/C15H26N4O3/c1-6-7-19(9-12-16-8-11(4)17-12)14(20)13(10(2)3)18-15(21)22-5/h8,10,13H,6-7,9H2,1-5H3,(H,16,17)(H,18,21)/t13-/m0/s1. The molecule has 7 heteroatoms. The monoisotopic (exact) mass is 310 g/mol. The van der Waals surface area contributed by atoms with Crippen LogP contribution in [0.3, 0.4) is 0 Å². The van der Waals surface area contributed by atoms with E-state index in [1.165, 1.54) is 7.11 Å². The van der Waals surface area contributed by atoms with Gasteiger partial charge < -0.3 is 19.9 Å². The Morgan fingerprint density at radius 1 is 1.45 bits per heavy atom. The van der Waals surface area contributed by atoms with Crippen LogP contribution >= 0.6 is 0 Å². The molecule has 0 aliphatic heterocycles. The number of nitrogens with one attached hydrogen (secondary N) is 2. The first-order valence-electron chi connectivity index (χ1n) is 7.52. The highest BCUT2D eigenvalue weighted by atomic mass is 16.5. The lowest BCUT2D eigenvalue weighted by Crippen LogP contribution is -2.51. The summed E-state index contributed by atoms with van der Waals surface area (Å²) >= 11 is 0. The number of H-pyrrole nitrogens is 1. The van der Waals surface area contributed by atoms with Crippen molar-refractivity contribution < 1.29 is 14.3 Å². The van der Waals surface area contributed by atoms with Crippen LogP contribution in [-0.2, 0) is 16.1 Å². The van der Waals surface area contributed by atoms with E-state index in [1.54, 1.807) is 11.1 Å². The summed E-state index contributed by atoms with van der Waals surface area (Å²) in [7, 11) is 1.28. The van der Waals surface area contributed by atoms with Gasteiger partial charge in [-0.3, -0.25) is 4.79 Å². The van der Waals surface area contributed by atoms with Gasteiger partial charge >= 0.3 is 6.09 Å². The van der Waals surface area contributed by atoms with Crippen LogP contribution in [0.15, 0.2) is 6.20 Å². The van der Waals surface area contributed by atoms with E-state index in [2.05, 4.69) is 20.0 Å². The SMILES string of the molecule is CCCN(Cc1ncc(C)[nH]1)C(=O)[C@@H](NC(=O)OC)C(C)C. The van der Waals surface area contributed by atoms with Crippen LogP contribution in [0.25, 0.3) is 0 Å². The molecule has 1 heterocycles. The molecule has 0 saturated heterocycles. The van der Waals surface area contributed by atoms with Gasteiger partial charge in [-0.25, -0.2) is 9.78 Å². The average Bonchev–Trinajstić information content (AvgIpc) is 2.88. The molecule has 2 N–H and O–H groups in total. The van der Waals surface area contributed by atoms with Crippen molar-refractivity contribution in [1.82, 2.24) is 20.2 Å². The first kappa shape index (κ1) is 18.0. The van der Waals surface area contributed by atoms with E-state index in [4.69, 9.17) is 0 Å². The van der Waals surface area contributed by atoms with E-state index in [9.17, 15) is 9.59 Å². The molecule has 0 saturated carbocycles. The van der Waals surface area contributed by atoms with E-state index >= 15 is 0 Å². The largest absolute Gasteiger partial charge is 0.453 e. The summed E-state index contributed by atoms with van der Waals surface area (Å²) in [5, 5.41) is 2.61. The Labute approximate surface area is 131 Å². The van der Waals surface area contributed by atoms with Crippen LogP contribution in [0, 0.1) is 12.8 Å². The molecule has 0 aliphatic rings. The predicted octanol–water partition coefficient (Wildman–Crippen LogP) is 1.84. The van der Waals surface area contributed by atoms with Crippen LogP contribution in [0.4, 0.5) is 4.79 Å². The number of rotatable bonds is 7. The number of hydrogen-bond acceptors (Lipinski definition) is 4. The number of aromatic amines is 1. The van der Waals surface area contributed by atoms with E-state index in [0.717, 1.165) is 17.9 Å². The lowest BCUT2D eigenvalue weighted by atomic mass is 10.0. The molecule has 124 valence electrons. The number of aryl methyl sites for hydroxylation is 1. The van der Waals surface area contributed by atoms with Crippen molar-refractivity contribution in [3.63, 3.8) is 0 Å². The second-order valence-electron chi connectivity index (χ2n) is 5.63. The smallest absolute Gasteiger partial charge is 0.407 e. The fourth-order valence-corrected chi connectivity index (χ4v) is 2.16. The Morgan fingerprint density at radius 2 is 2.14 bits per heavy atom. The van der Waals surface area contributed by atoms with Crippen molar-refractivity contribution in [3.8, 4) is 0 Å². The normalized spacial score (nSPS) is 12.1. The number of amides is 2. The number of carbonyl (C=O) groups is 2. The second-order valence-corrected chi connectivity index (χ2v) is 5.63. The van der Waals surface area contributed by atoms with Crippen molar-refractivity contribution in [2.24, 2.45) is 5.92 Å². The number of nitrogens with zero attached hydrogens (tertiary/aromatic N) is 2. The van der Waals surface area contributed by atoms with Gasteiger partial charge in [-0.15, -0.1) is 0 Å². The van der Waals surface area contributed by atoms with Gasteiger partial charge in [0.05, 0.1) is 13.7 Å². The molecule has 1 aromatic rings. The molecular formula is C15H26N4O3. The second kappa shape index (κ2) is 8.41. The highest BCUT2D eigenvalue weighted by Crippen LogP contribution is 2.10. The van der Waals surface area contributed by atoms with Crippen molar-refractivity contribution in [3.05, 3.63) is 17.7 Å². The molecule has 0 unspecified atom stereocenters. The number of methoxy groups -OCH3 is 1. The van der Waals surface area contributed by atoms with Crippen molar-refractivity contribution in [2.45, 2.75) is 46.7 Å². The van der Waals surface area contributed by atoms with Gasteiger partial charge in [0.15, 0.2) is 0 Å². The third kappa shape index (κ3) is 5.05. The molecule has 0 aliphatic carbocycles. The Kier molecular flexibility index (Phi) is 6.88. The zero-order chi connectivity index (χ0) is 16.7. The summed E-state index contributed by atoms with van der Waals surface area (Å²) in [6.07, 6.45) is 1.96. The van der Waals surface area contributed by atoms with Gasteiger partial charge in [-0.05, 0) is 19.3 Å². The summed E-state index contributed by atoms with van der Waals surface area (Å²) in [6.45, 7) is 8.70. The van der Waals surface area contributed by atoms with Crippen molar-refractivity contribution in [1.29, 1.82) is 0 Å². The number of imidazole rings is 1. The highest BCUT2D eigenvalue weighted by molar-refractivity contribution is 5.85. The lowest BCUT2D eigenvalue weighted by molar-refractivity contribution is -0.135. The molecule has 0 bridgehead atoms. The maximum Gasteiger partial charge on any atom is 0.407 e. The third-order valence-corrected chi connectivity index (χ3v) is 3.29. The van der Waals surface area contributed by atoms with Crippen molar-refractivity contribution in [2.75, 3.05) is 13.7 Å². The van der Waals surface area contributed by atoms with Gasteiger partial charge in [0, 0.05) is 18.4 Å². The van der Waals surface area contributed by atoms with Gasteiger partial charge in [0.1, 0.15) is 11.9 Å². The molecule has 0 radical (unpaired) electrons. The average molecular weight is 310 g/mol. The lowest BCUT2D eigenvalue weighted by Gasteiger charge is -2.28. The fraction of sp³-hybridized carbons (Fsp3) is 0.667. The minimum Gasteiger partial charge on any atom is -0.453 e. The first-order valence-corrected chi connectivity index (χ1v) is 7.52. The van der Waals surface area contributed by atoms with E-state index in [-0.39, 0.29) is 11.8 Å². The van der Waals surface area contributed by atoms with Crippen molar-refractivity contribution >= 4 is 12.0 Å². The van der Waals surface area contributed by atoms with E-state index in [0.29, 0.717) is 13.1 Å². The van der Waals surface area contributed by atoms with Gasteiger partial charge in [0.25, 0.3) is 0 Å². The Balaban J connectivity index is 2.86. The van der Waals surface area contributed by atoms with Gasteiger partial charge in [-0.2, -0.15) is 0 Å². The van der Waals surface area contributed by atoms with E-state index < -0.39 is 12.1 Å². The summed E-state index contributed by atoms with van der Waals surface area (Å²) in [5.74, 6) is 0.570. The number of carbonyl (C=O) groups excluding carboxylic acids is 2. The summed E-state index contributed by atoms with van der Waals surface area (Å²) in [5.41, 5.74) is 0.951. The third-order valence-electron chi connectivity index (χ3n) is 3.29. The molecule has 7 nitrogen and oxygen atoms in total. The minimum atomic E-state index is -0.616. The zero-order valence-electron chi connectivity index (χ0n) is 14.0. The van der Waals surface area contributed by atoms with Gasteiger partial charge in [0.2, 0.25) is 5.91 Å². The molecule has 0 fully saturated rings. The topological polar surface area (TPSA) is 87.3 Å². The van der Waals surface area contributed by atoms with E-state index in [1.807, 2.05) is 27.7 Å². The molecule has 22 heavy (non-hydrogen) atoms. The maximum absolute atomic E-state index is 12.8. The summed E-state index contributed by atoms with van der Waals surface area (Å²) in [6, 6.07) is -0.616. The molecule has 2 amide bonds. The van der Waals surface area contributed by atoms with Crippen LogP contribution in [0.2, 0.25) is 0 Å². The Hall–Kier alpha value is -2.05. The summed E-state index contributed by atoms with van der Waals surface area (Å²) in [4.78, 5) is 33.3. The van der Waals surface area contributed by atoms with Crippen LogP contribution in [-0.4, -0.2) is 46.6 Å². The molecule has 0 spiro atoms. The van der Waals surface area contributed by atoms with Crippen LogP contribution in [0.5, 0.6) is 0 Å². The molecule has 0 aromatic carbocycles. The minimum absolute atomic E-state index is 0.0377. The number of ether oxygens (including phenoxy) is 1. The fourth-order valence-electron chi connectivity index (χ4n) is 2.16. The Bertz CT molecular complexity index is 499. The van der Waals surface area contributed by atoms with Crippen LogP contribution in [0.1, 0.15) is 38.7 Å². The molecule has 1 rings (SSSR count).